The third-order valence-electron chi connectivity index (χ3n) is 3.53. The van der Waals surface area contributed by atoms with Crippen LogP contribution in [0, 0.1) is 13.8 Å². The molecule has 1 atom stereocenters. The van der Waals surface area contributed by atoms with Gasteiger partial charge in [-0.05, 0) is 37.6 Å². The van der Waals surface area contributed by atoms with Gasteiger partial charge in [0.25, 0.3) is 0 Å². The van der Waals surface area contributed by atoms with Crippen molar-refractivity contribution in [3.8, 4) is 5.69 Å². The molecule has 112 valence electrons. The van der Waals surface area contributed by atoms with E-state index in [0.29, 0.717) is 6.54 Å². The molecule has 0 bridgehead atoms. The second kappa shape index (κ2) is 6.56. The van der Waals surface area contributed by atoms with E-state index in [0.717, 1.165) is 22.6 Å². The van der Waals surface area contributed by atoms with Crippen molar-refractivity contribution in [1.29, 1.82) is 0 Å². The van der Waals surface area contributed by atoms with Crippen molar-refractivity contribution in [2.45, 2.75) is 26.5 Å². The molecule has 2 rings (SSSR count). The van der Waals surface area contributed by atoms with Crippen LogP contribution in [0.4, 0.5) is 0 Å². The van der Waals surface area contributed by atoms with E-state index in [1.54, 1.807) is 0 Å². The first-order valence-corrected chi connectivity index (χ1v) is 6.92. The lowest BCUT2D eigenvalue weighted by molar-refractivity contribution is -0.125. The highest BCUT2D eigenvalue weighted by Gasteiger charge is 2.12. The number of nitrogens with zero attached hydrogens (tertiary/aromatic N) is 1. The molecule has 2 aromatic rings. The summed E-state index contributed by atoms with van der Waals surface area (Å²) in [5, 5.41) is 12.4. The molecular formula is C16H21N3O2. The van der Waals surface area contributed by atoms with Gasteiger partial charge in [0.1, 0.15) is 6.10 Å². The Morgan fingerprint density at radius 2 is 2.00 bits per heavy atom. The van der Waals surface area contributed by atoms with Crippen molar-refractivity contribution in [2.24, 2.45) is 5.73 Å². The Morgan fingerprint density at radius 1 is 1.33 bits per heavy atom. The van der Waals surface area contributed by atoms with Gasteiger partial charge in [-0.2, -0.15) is 0 Å². The summed E-state index contributed by atoms with van der Waals surface area (Å²) in [6.45, 7) is 4.85. The number of rotatable bonds is 6. The predicted octanol–water partition coefficient (Wildman–Crippen LogP) is 1.03. The molecule has 5 nitrogen and oxygen atoms in total. The SMILES string of the molecule is Cc1cc(CNCC(O)C(N)=O)c(C)n1-c1ccccc1. The van der Waals surface area contributed by atoms with Crippen LogP contribution in [0.5, 0.6) is 0 Å². The number of nitrogens with two attached hydrogens (primary N) is 1. The van der Waals surface area contributed by atoms with Gasteiger partial charge < -0.3 is 20.7 Å². The molecule has 0 saturated carbocycles. The minimum absolute atomic E-state index is 0.157. The number of aliphatic hydroxyl groups is 1. The monoisotopic (exact) mass is 287 g/mol. The second-order valence-electron chi connectivity index (χ2n) is 5.12. The molecule has 1 aromatic carbocycles. The maximum atomic E-state index is 10.8. The molecular weight excluding hydrogens is 266 g/mol. The molecule has 0 aliphatic rings. The summed E-state index contributed by atoms with van der Waals surface area (Å²) < 4.78 is 2.18. The van der Waals surface area contributed by atoms with E-state index in [1.807, 2.05) is 18.2 Å². The van der Waals surface area contributed by atoms with Crippen LogP contribution in [0.25, 0.3) is 5.69 Å². The van der Waals surface area contributed by atoms with Gasteiger partial charge in [-0.3, -0.25) is 4.79 Å². The van der Waals surface area contributed by atoms with Crippen LogP contribution in [0.2, 0.25) is 0 Å². The number of para-hydroxylation sites is 1. The minimum Gasteiger partial charge on any atom is -0.382 e. The Morgan fingerprint density at radius 3 is 2.62 bits per heavy atom. The summed E-state index contributed by atoms with van der Waals surface area (Å²) in [5.74, 6) is -0.711. The number of amides is 1. The van der Waals surface area contributed by atoms with Gasteiger partial charge in [-0.1, -0.05) is 18.2 Å². The van der Waals surface area contributed by atoms with Crippen LogP contribution in [-0.4, -0.2) is 28.2 Å². The fourth-order valence-corrected chi connectivity index (χ4v) is 2.43. The quantitative estimate of drug-likeness (QED) is 0.742. The molecule has 1 amide bonds. The van der Waals surface area contributed by atoms with Crippen molar-refractivity contribution in [3.63, 3.8) is 0 Å². The van der Waals surface area contributed by atoms with E-state index in [1.165, 1.54) is 0 Å². The molecule has 1 heterocycles. The highest BCUT2D eigenvalue weighted by molar-refractivity contribution is 5.78. The number of aromatic nitrogens is 1. The molecule has 4 N–H and O–H groups in total. The second-order valence-corrected chi connectivity index (χ2v) is 5.12. The standard InChI is InChI=1S/C16H21N3O2/c1-11-8-13(9-18-10-15(20)16(17)21)12(2)19(11)14-6-4-3-5-7-14/h3-8,15,18,20H,9-10H2,1-2H3,(H2,17,21). The topological polar surface area (TPSA) is 80.3 Å². The van der Waals surface area contributed by atoms with Crippen LogP contribution in [0.1, 0.15) is 17.0 Å². The Bertz CT molecular complexity index is 620. The summed E-state index contributed by atoms with van der Waals surface area (Å²) in [6, 6.07) is 12.2. The molecule has 0 saturated heterocycles. The molecule has 1 aromatic heterocycles. The third-order valence-corrected chi connectivity index (χ3v) is 3.53. The number of hydrogen-bond donors (Lipinski definition) is 3. The third kappa shape index (κ3) is 3.51. The Balaban J connectivity index is 2.11. The summed E-state index contributed by atoms with van der Waals surface area (Å²) in [4.78, 5) is 10.8. The fraction of sp³-hybridized carbons (Fsp3) is 0.312. The fourth-order valence-electron chi connectivity index (χ4n) is 2.43. The first-order chi connectivity index (χ1) is 10.0. The van der Waals surface area contributed by atoms with E-state index in [4.69, 9.17) is 5.73 Å². The van der Waals surface area contributed by atoms with Crippen LogP contribution in [0.3, 0.4) is 0 Å². The Hall–Kier alpha value is -2.11. The normalized spacial score (nSPS) is 12.3. The maximum Gasteiger partial charge on any atom is 0.247 e. The minimum atomic E-state index is -1.15. The summed E-state index contributed by atoms with van der Waals surface area (Å²) in [6.07, 6.45) is -1.15. The smallest absolute Gasteiger partial charge is 0.247 e. The molecule has 0 spiro atoms. The summed E-state index contributed by atoms with van der Waals surface area (Å²) >= 11 is 0. The average molecular weight is 287 g/mol. The van der Waals surface area contributed by atoms with Gasteiger partial charge in [0, 0.05) is 30.2 Å². The molecule has 0 fully saturated rings. The number of aliphatic hydroxyl groups excluding tert-OH is 1. The van der Waals surface area contributed by atoms with E-state index in [2.05, 4.69) is 41.9 Å². The van der Waals surface area contributed by atoms with Crippen molar-refractivity contribution >= 4 is 5.91 Å². The molecule has 0 aliphatic heterocycles. The van der Waals surface area contributed by atoms with Gasteiger partial charge in [0.05, 0.1) is 0 Å². The van der Waals surface area contributed by atoms with E-state index >= 15 is 0 Å². The van der Waals surface area contributed by atoms with Gasteiger partial charge in [-0.15, -0.1) is 0 Å². The largest absolute Gasteiger partial charge is 0.382 e. The lowest BCUT2D eigenvalue weighted by Crippen LogP contribution is -2.37. The molecule has 1 unspecified atom stereocenters. The number of nitrogens with one attached hydrogen (secondary N) is 1. The van der Waals surface area contributed by atoms with Crippen LogP contribution < -0.4 is 11.1 Å². The van der Waals surface area contributed by atoms with Gasteiger partial charge >= 0.3 is 0 Å². The number of aryl methyl sites for hydroxylation is 1. The van der Waals surface area contributed by atoms with Crippen molar-refractivity contribution in [1.82, 2.24) is 9.88 Å². The number of hydrogen-bond acceptors (Lipinski definition) is 3. The maximum absolute atomic E-state index is 10.8. The average Bonchev–Trinajstić information content (AvgIpc) is 2.74. The lowest BCUT2D eigenvalue weighted by Gasteiger charge is -2.11. The Kier molecular flexibility index (Phi) is 4.77. The van der Waals surface area contributed by atoms with E-state index in [9.17, 15) is 9.90 Å². The highest BCUT2D eigenvalue weighted by atomic mass is 16.3. The zero-order valence-electron chi connectivity index (χ0n) is 12.3. The first kappa shape index (κ1) is 15.3. The summed E-state index contributed by atoms with van der Waals surface area (Å²) in [5.41, 5.74) is 9.55. The highest BCUT2D eigenvalue weighted by Crippen LogP contribution is 2.20. The Labute approximate surface area is 124 Å². The molecule has 0 aliphatic carbocycles. The lowest BCUT2D eigenvalue weighted by atomic mass is 10.2. The number of carbonyl (C=O) groups is 1. The van der Waals surface area contributed by atoms with E-state index < -0.39 is 12.0 Å². The predicted molar refractivity (Wildman–Crippen MR) is 82.2 cm³/mol. The zero-order chi connectivity index (χ0) is 15.4. The van der Waals surface area contributed by atoms with Crippen molar-refractivity contribution in [2.75, 3.05) is 6.54 Å². The van der Waals surface area contributed by atoms with Gasteiger partial charge in [0.15, 0.2) is 0 Å². The van der Waals surface area contributed by atoms with Crippen LogP contribution in [0.15, 0.2) is 36.4 Å². The summed E-state index contributed by atoms with van der Waals surface area (Å²) in [7, 11) is 0. The number of primary amides is 1. The van der Waals surface area contributed by atoms with E-state index in [-0.39, 0.29) is 6.54 Å². The van der Waals surface area contributed by atoms with Crippen molar-refractivity contribution in [3.05, 3.63) is 53.3 Å². The van der Waals surface area contributed by atoms with Crippen LogP contribution >= 0.6 is 0 Å². The molecule has 21 heavy (non-hydrogen) atoms. The zero-order valence-corrected chi connectivity index (χ0v) is 12.3. The van der Waals surface area contributed by atoms with Crippen LogP contribution in [-0.2, 0) is 11.3 Å². The van der Waals surface area contributed by atoms with Gasteiger partial charge in [-0.25, -0.2) is 0 Å². The molecule has 5 heteroatoms. The van der Waals surface area contributed by atoms with Crippen molar-refractivity contribution < 1.29 is 9.90 Å². The number of benzene rings is 1. The number of carbonyl (C=O) groups excluding carboxylic acids is 1. The first-order valence-electron chi connectivity index (χ1n) is 6.92. The molecule has 0 radical (unpaired) electrons. The van der Waals surface area contributed by atoms with Gasteiger partial charge in [0.2, 0.25) is 5.91 Å².